The predicted octanol–water partition coefficient (Wildman–Crippen LogP) is 4.06. The van der Waals surface area contributed by atoms with Crippen molar-refractivity contribution in [2.24, 2.45) is 5.92 Å². The van der Waals surface area contributed by atoms with Crippen LogP contribution in [0.4, 0.5) is 5.95 Å². The number of nitrogens with one attached hydrogen (secondary N) is 2. The second-order valence-electron chi connectivity index (χ2n) is 6.27. The van der Waals surface area contributed by atoms with Crippen LogP contribution in [0.15, 0.2) is 48.5 Å². The number of imidazole rings is 1. The molecule has 3 aromatic rings. The third kappa shape index (κ3) is 3.44. The lowest BCUT2D eigenvalue weighted by Crippen LogP contribution is -2.25. The first-order valence-corrected chi connectivity index (χ1v) is 8.64. The van der Waals surface area contributed by atoms with Gasteiger partial charge in [-0.05, 0) is 30.2 Å². The van der Waals surface area contributed by atoms with Gasteiger partial charge in [0.05, 0.1) is 11.0 Å². The summed E-state index contributed by atoms with van der Waals surface area (Å²) < 4.78 is 7.34. The smallest absolute Gasteiger partial charge is 0.301 e. The van der Waals surface area contributed by atoms with Crippen LogP contribution in [0.25, 0.3) is 11.0 Å². The highest BCUT2D eigenvalue weighted by atomic mass is 16.5. The molecule has 0 atom stereocenters. The zero-order chi connectivity index (χ0) is 18.7. The molecule has 1 heterocycles. The number of ether oxygens (including phenoxy) is 1. The summed E-state index contributed by atoms with van der Waals surface area (Å²) in [7, 11) is 0. The van der Waals surface area contributed by atoms with Gasteiger partial charge in [-0.3, -0.25) is 15.5 Å². The summed E-state index contributed by atoms with van der Waals surface area (Å²) >= 11 is 0. The minimum absolute atomic E-state index is 0.112. The molecule has 0 unspecified atom stereocenters. The Balaban J connectivity index is 2.02. The molecular weight excluding hydrogens is 328 g/mol. The fourth-order valence-electron chi connectivity index (χ4n) is 2.62. The van der Waals surface area contributed by atoms with Crippen LogP contribution in [0, 0.1) is 11.3 Å². The van der Waals surface area contributed by atoms with Gasteiger partial charge < -0.3 is 4.74 Å². The number of aryl methyl sites for hydroxylation is 1. The lowest BCUT2D eigenvalue weighted by atomic mass is 10.1. The number of rotatable bonds is 4. The van der Waals surface area contributed by atoms with Gasteiger partial charge in [0.25, 0.3) is 0 Å². The number of fused-ring (bicyclic) bond motifs is 1. The summed E-state index contributed by atoms with van der Waals surface area (Å²) in [6.45, 7) is 5.65. The Morgan fingerprint density at radius 1 is 1.19 bits per heavy atom. The molecule has 26 heavy (non-hydrogen) atoms. The van der Waals surface area contributed by atoms with Crippen molar-refractivity contribution < 1.29 is 9.53 Å². The molecule has 3 rings (SSSR count). The third-order valence-corrected chi connectivity index (χ3v) is 4.08. The highest BCUT2D eigenvalue weighted by Crippen LogP contribution is 2.23. The van der Waals surface area contributed by atoms with Gasteiger partial charge in [0.1, 0.15) is 5.75 Å². The molecule has 2 aromatic carbocycles. The van der Waals surface area contributed by atoms with E-state index in [1.165, 1.54) is 4.57 Å². The van der Waals surface area contributed by atoms with E-state index in [0.29, 0.717) is 16.8 Å². The van der Waals surface area contributed by atoms with Crippen LogP contribution in [0.1, 0.15) is 26.3 Å². The molecule has 0 saturated heterocycles. The molecule has 0 fully saturated rings. The minimum atomic E-state index is -0.195. The van der Waals surface area contributed by atoms with Gasteiger partial charge in [-0.2, -0.15) is 0 Å². The number of benzene rings is 2. The second-order valence-corrected chi connectivity index (χ2v) is 6.27. The number of carbonyl (C=O) groups is 1. The van der Waals surface area contributed by atoms with Gasteiger partial charge in [-0.15, -0.1) is 0 Å². The Hall–Kier alpha value is -3.15. The number of aromatic nitrogens is 2. The van der Waals surface area contributed by atoms with E-state index in [1.807, 2.05) is 69.3 Å². The first-order valence-electron chi connectivity index (χ1n) is 8.64. The van der Waals surface area contributed by atoms with Crippen molar-refractivity contribution in [1.29, 1.82) is 5.41 Å². The number of anilines is 1. The minimum Gasteiger partial charge on any atom is -0.425 e. The van der Waals surface area contributed by atoms with E-state index in [0.717, 1.165) is 12.0 Å². The van der Waals surface area contributed by atoms with Crippen molar-refractivity contribution in [3.8, 4) is 5.75 Å². The van der Waals surface area contributed by atoms with E-state index in [1.54, 1.807) is 0 Å². The van der Waals surface area contributed by atoms with Crippen molar-refractivity contribution >= 4 is 28.9 Å². The number of nitrogens with zero attached hydrogens (tertiary/aromatic N) is 2. The van der Waals surface area contributed by atoms with Crippen molar-refractivity contribution in [2.45, 2.75) is 27.2 Å². The summed E-state index contributed by atoms with van der Waals surface area (Å²) in [5, 5.41) is 11.3. The third-order valence-electron chi connectivity index (χ3n) is 4.08. The molecule has 0 aliphatic heterocycles. The number of amides is 1. The van der Waals surface area contributed by atoms with Crippen LogP contribution in [0.5, 0.6) is 5.75 Å². The van der Waals surface area contributed by atoms with E-state index in [4.69, 9.17) is 10.1 Å². The quantitative estimate of drug-likeness (QED) is 0.550. The van der Waals surface area contributed by atoms with E-state index < -0.39 is 0 Å². The molecule has 0 bridgehead atoms. The standard InChI is InChI=1S/C20H22N4O2/c1-4-14-9-5-8-12-17(14)26-19(21)24-16-11-7-6-10-15(16)22-20(24)23-18(25)13(2)3/h5-13,21H,4H2,1-3H3,(H,22,23,25). The maximum absolute atomic E-state index is 12.1. The lowest BCUT2D eigenvalue weighted by Gasteiger charge is -2.14. The van der Waals surface area contributed by atoms with Gasteiger partial charge in [0.15, 0.2) is 0 Å². The van der Waals surface area contributed by atoms with Crippen LogP contribution in [0.3, 0.4) is 0 Å². The van der Waals surface area contributed by atoms with Crippen LogP contribution < -0.4 is 10.1 Å². The normalized spacial score (nSPS) is 10.9. The molecule has 2 N–H and O–H groups in total. The van der Waals surface area contributed by atoms with E-state index >= 15 is 0 Å². The maximum Gasteiger partial charge on any atom is 0.301 e. The van der Waals surface area contributed by atoms with Crippen molar-refractivity contribution in [1.82, 2.24) is 9.55 Å². The Morgan fingerprint density at radius 2 is 1.88 bits per heavy atom. The number of carbonyl (C=O) groups excluding carboxylic acids is 1. The Labute approximate surface area is 152 Å². The first-order chi connectivity index (χ1) is 12.5. The van der Waals surface area contributed by atoms with Crippen molar-refractivity contribution in [3.63, 3.8) is 0 Å². The Bertz CT molecular complexity index is 959. The SMILES string of the molecule is CCc1ccccc1OC(=N)n1c(NC(=O)C(C)C)nc2ccccc21. The molecule has 0 aliphatic rings. The van der Waals surface area contributed by atoms with Gasteiger partial charge in [0, 0.05) is 5.92 Å². The molecule has 134 valence electrons. The highest BCUT2D eigenvalue weighted by Gasteiger charge is 2.19. The van der Waals surface area contributed by atoms with Crippen molar-refractivity contribution in [3.05, 3.63) is 54.1 Å². The summed E-state index contributed by atoms with van der Waals surface area (Å²) in [6, 6.07) is 14.9. The van der Waals surface area contributed by atoms with Crippen LogP contribution >= 0.6 is 0 Å². The molecule has 1 amide bonds. The summed E-state index contributed by atoms with van der Waals surface area (Å²) in [6.07, 6.45) is 0.797. The zero-order valence-electron chi connectivity index (χ0n) is 15.1. The molecule has 1 aromatic heterocycles. The zero-order valence-corrected chi connectivity index (χ0v) is 15.1. The molecule has 6 nitrogen and oxygen atoms in total. The molecule has 6 heteroatoms. The van der Waals surface area contributed by atoms with E-state index in [2.05, 4.69) is 10.3 Å². The second kappa shape index (κ2) is 7.39. The van der Waals surface area contributed by atoms with Gasteiger partial charge in [0.2, 0.25) is 11.9 Å². The van der Waals surface area contributed by atoms with Gasteiger partial charge >= 0.3 is 6.02 Å². The lowest BCUT2D eigenvalue weighted by molar-refractivity contribution is -0.118. The molecule has 0 aliphatic carbocycles. The molecule has 0 spiro atoms. The number of hydrogen-bond donors (Lipinski definition) is 2. The van der Waals surface area contributed by atoms with Crippen LogP contribution in [0.2, 0.25) is 0 Å². The largest absolute Gasteiger partial charge is 0.425 e. The maximum atomic E-state index is 12.1. The number of hydrogen-bond acceptors (Lipinski definition) is 4. The summed E-state index contributed by atoms with van der Waals surface area (Å²) in [4.78, 5) is 16.6. The monoisotopic (exact) mass is 350 g/mol. The van der Waals surface area contributed by atoms with Gasteiger partial charge in [-0.1, -0.05) is 51.1 Å². The topological polar surface area (TPSA) is 80.0 Å². The molecule has 0 saturated carbocycles. The number of para-hydroxylation sites is 3. The fourth-order valence-corrected chi connectivity index (χ4v) is 2.62. The fraction of sp³-hybridized carbons (Fsp3) is 0.250. The van der Waals surface area contributed by atoms with E-state index in [-0.39, 0.29) is 23.8 Å². The van der Waals surface area contributed by atoms with Crippen LogP contribution in [-0.2, 0) is 11.2 Å². The Kier molecular flexibility index (Phi) is 5.02. The first kappa shape index (κ1) is 17.7. The van der Waals surface area contributed by atoms with Crippen LogP contribution in [-0.4, -0.2) is 21.5 Å². The summed E-state index contributed by atoms with van der Waals surface area (Å²) in [5.74, 6) is 0.547. The highest BCUT2D eigenvalue weighted by molar-refractivity contribution is 5.98. The molecular formula is C20H22N4O2. The van der Waals surface area contributed by atoms with Gasteiger partial charge in [-0.25, -0.2) is 9.55 Å². The summed E-state index contributed by atoms with van der Waals surface area (Å²) in [5.41, 5.74) is 2.39. The Morgan fingerprint density at radius 3 is 2.62 bits per heavy atom. The van der Waals surface area contributed by atoms with E-state index in [9.17, 15) is 4.79 Å². The average Bonchev–Trinajstić information content (AvgIpc) is 2.99. The molecule has 0 radical (unpaired) electrons. The average molecular weight is 350 g/mol. The van der Waals surface area contributed by atoms with Crippen molar-refractivity contribution in [2.75, 3.05) is 5.32 Å². The predicted molar refractivity (Wildman–Crippen MR) is 103 cm³/mol.